The van der Waals surface area contributed by atoms with Gasteiger partial charge in [0.25, 0.3) is 0 Å². The van der Waals surface area contributed by atoms with Gasteiger partial charge in [-0.25, -0.2) is 9.50 Å². The molecule has 1 aliphatic rings. The van der Waals surface area contributed by atoms with Gasteiger partial charge in [-0.15, -0.1) is 0 Å². The van der Waals surface area contributed by atoms with Gasteiger partial charge in [0.1, 0.15) is 0 Å². The zero-order valence-electron chi connectivity index (χ0n) is 16.8. The van der Waals surface area contributed by atoms with E-state index in [1.165, 1.54) is 31.3 Å². The van der Waals surface area contributed by atoms with Crippen molar-refractivity contribution in [3.63, 3.8) is 0 Å². The number of hydrogen-bond acceptors (Lipinski definition) is 3. The average Bonchev–Trinajstić information content (AvgIpc) is 3.07. The molecule has 1 aromatic carbocycles. The molecule has 1 amide bonds. The Bertz CT molecular complexity index is 1050. The highest BCUT2D eigenvalue weighted by molar-refractivity contribution is 5.92. The molecule has 28 heavy (non-hydrogen) atoms. The topological polar surface area (TPSA) is 59.3 Å². The van der Waals surface area contributed by atoms with Gasteiger partial charge >= 0.3 is 0 Å². The zero-order chi connectivity index (χ0) is 19.5. The van der Waals surface area contributed by atoms with Gasteiger partial charge in [0.05, 0.1) is 5.52 Å². The van der Waals surface area contributed by atoms with Gasteiger partial charge in [0, 0.05) is 29.7 Å². The first kappa shape index (κ1) is 18.7. The van der Waals surface area contributed by atoms with Crippen molar-refractivity contribution in [2.75, 3.05) is 6.54 Å². The third-order valence-electron chi connectivity index (χ3n) is 5.77. The number of amides is 1. The fraction of sp³-hybridized carbons (Fsp3) is 0.435. The maximum absolute atomic E-state index is 12.3. The number of aromatic nitrogens is 3. The van der Waals surface area contributed by atoms with Crippen LogP contribution in [0.3, 0.4) is 0 Å². The van der Waals surface area contributed by atoms with Gasteiger partial charge in [-0.1, -0.05) is 23.8 Å². The van der Waals surface area contributed by atoms with Crippen molar-refractivity contribution in [1.29, 1.82) is 0 Å². The summed E-state index contributed by atoms with van der Waals surface area (Å²) in [5.74, 6) is 0.112. The Balaban J connectivity index is 1.42. The molecule has 2 heterocycles. The number of hydrogen-bond donors (Lipinski definition) is 1. The van der Waals surface area contributed by atoms with Crippen molar-refractivity contribution in [1.82, 2.24) is 19.9 Å². The van der Waals surface area contributed by atoms with Gasteiger partial charge in [0.2, 0.25) is 5.91 Å². The summed E-state index contributed by atoms with van der Waals surface area (Å²) in [7, 11) is 0. The molecular weight excluding hydrogens is 348 g/mol. The molecule has 0 radical (unpaired) electrons. The lowest BCUT2D eigenvalue weighted by Gasteiger charge is -2.13. The van der Waals surface area contributed by atoms with Crippen molar-refractivity contribution in [3.8, 4) is 0 Å². The van der Waals surface area contributed by atoms with E-state index < -0.39 is 0 Å². The molecular formula is C23H28N4O. The van der Waals surface area contributed by atoms with Crippen molar-refractivity contribution < 1.29 is 4.79 Å². The smallest absolute Gasteiger partial charge is 0.220 e. The number of fused-ring (bicyclic) bond motifs is 3. The second-order valence-electron chi connectivity index (χ2n) is 7.72. The lowest BCUT2D eigenvalue weighted by atomic mass is 9.97. The number of carbonyl (C=O) groups excluding carboxylic acids is 1. The van der Waals surface area contributed by atoms with Crippen molar-refractivity contribution >= 4 is 22.5 Å². The highest BCUT2D eigenvalue weighted by Crippen LogP contribution is 2.23. The van der Waals surface area contributed by atoms with Crippen LogP contribution in [0.1, 0.15) is 55.5 Å². The minimum Gasteiger partial charge on any atom is -0.356 e. The molecule has 0 fully saturated rings. The Hall–Kier alpha value is -2.69. The number of aryl methyl sites for hydroxylation is 2. The number of benzene rings is 1. The third-order valence-corrected chi connectivity index (χ3v) is 5.77. The third kappa shape index (κ3) is 3.79. The standard InChI is InChI=1S/C23H28N4O/c1-16-19(12-13-22(28)24-15-14-18-8-4-3-5-9-18)17(2)27-23(25-16)20-10-6-7-11-21(20)26-27/h6-8,10-11H,3-5,9,12-15H2,1-2H3,(H,24,28). The van der Waals surface area contributed by atoms with Crippen LogP contribution in [0.2, 0.25) is 0 Å². The summed E-state index contributed by atoms with van der Waals surface area (Å²) in [4.78, 5) is 17.1. The maximum Gasteiger partial charge on any atom is 0.220 e. The van der Waals surface area contributed by atoms with E-state index in [-0.39, 0.29) is 5.91 Å². The van der Waals surface area contributed by atoms with Gasteiger partial charge in [0.15, 0.2) is 5.65 Å². The quantitative estimate of drug-likeness (QED) is 0.647. The van der Waals surface area contributed by atoms with Crippen LogP contribution < -0.4 is 5.32 Å². The maximum atomic E-state index is 12.3. The van der Waals surface area contributed by atoms with E-state index in [2.05, 4.69) is 24.4 Å². The second-order valence-corrected chi connectivity index (χ2v) is 7.72. The molecule has 0 aliphatic heterocycles. The molecule has 4 rings (SSSR count). The van der Waals surface area contributed by atoms with Gasteiger partial charge in [-0.2, -0.15) is 5.10 Å². The van der Waals surface area contributed by atoms with Crippen LogP contribution >= 0.6 is 0 Å². The molecule has 3 aromatic rings. The second kappa shape index (κ2) is 8.13. The molecule has 2 aromatic heterocycles. The first-order chi connectivity index (χ1) is 13.6. The number of rotatable bonds is 6. The van der Waals surface area contributed by atoms with E-state index in [0.29, 0.717) is 12.8 Å². The van der Waals surface area contributed by atoms with Crippen molar-refractivity contribution in [3.05, 3.63) is 52.9 Å². The summed E-state index contributed by atoms with van der Waals surface area (Å²) in [5.41, 5.74) is 6.50. The predicted octanol–water partition coefficient (Wildman–Crippen LogP) is 4.44. The van der Waals surface area contributed by atoms with Crippen LogP contribution in [-0.2, 0) is 11.2 Å². The number of carbonyl (C=O) groups is 1. The van der Waals surface area contributed by atoms with Gasteiger partial charge in [-0.05, 0) is 70.1 Å². The minimum absolute atomic E-state index is 0.112. The highest BCUT2D eigenvalue weighted by atomic mass is 16.1. The van der Waals surface area contributed by atoms with Crippen molar-refractivity contribution in [2.24, 2.45) is 0 Å². The molecule has 146 valence electrons. The van der Waals surface area contributed by atoms with Gasteiger partial charge < -0.3 is 5.32 Å². The van der Waals surface area contributed by atoms with Crippen LogP contribution in [-0.4, -0.2) is 27.0 Å². The fourth-order valence-corrected chi connectivity index (χ4v) is 4.16. The molecule has 5 nitrogen and oxygen atoms in total. The SMILES string of the molecule is Cc1nc2c3ccccc3nn2c(C)c1CCC(=O)NCCC1=CCCCC1. The van der Waals surface area contributed by atoms with E-state index in [1.54, 1.807) is 0 Å². The fourth-order valence-electron chi connectivity index (χ4n) is 4.16. The first-order valence-electron chi connectivity index (χ1n) is 10.3. The summed E-state index contributed by atoms with van der Waals surface area (Å²) in [6.45, 7) is 4.83. The largest absolute Gasteiger partial charge is 0.356 e. The Morgan fingerprint density at radius 3 is 2.86 bits per heavy atom. The van der Waals surface area contributed by atoms with E-state index >= 15 is 0 Å². The summed E-state index contributed by atoms with van der Waals surface area (Å²) < 4.78 is 1.92. The molecule has 1 N–H and O–H groups in total. The lowest BCUT2D eigenvalue weighted by molar-refractivity contribution is -0.121. The van der Waals surface area contributed by atoms with Crippen LogP contribution in [0.15, 0.2) is 35.9 Å². The van der Waals surface area contributed by atoms with Crippen LogP contribution in [0.25, 0.3) is 16.6 Å². The monoisotopic (exact) mass is 376 g/mol. The van der Waals surface area contributed by atoms with Crippen LogP contribution in [0.4, 0.5) is 0 Å². The molecule has 0 saturated carbocycles. The molecule has 1 aliphatic carbocycles. The molecule has 0 bridgehead atoms. The molecule has 0 unspecified atom stereocenters. The van der Waals surface area contributed by atoms with E-state index in [4.69, 9.17) is 10.1 Å². The van der Waals surface area contributed by atoms with Gasteiger partial charge in [-0.3, -0.25) is 4.79 Å². The Morgan fingerprint density at radius 2 is 2.04 bits per heavy atom. The van der Waals surface area contributed by atoms with Crippen molar-refractivity contribution in [2.45, 2.75) is 58.8 Å². The molecule has 0 spiro atoms. The minimum atomic E-state index is 0.112. The normalized spacial score (nSPS) is 14.4. The number of nitrogens with one attached hydrogen (secondary N) is 1. The van der Waals surface area contributed by atoms with E-state index in [9.17, 15) is 4.79 Å². The number of allylic oxidation sites excluding steroid dienone is 1. The Kier molecular flexibility index (Phi) is 5.42. The van der Waals surface area contributed by atoms with Crippen LogP contribution in [0, 0.1) is 13.8 Å². The Morgan fingerprint density at radius 1 is 1.18 bits per heavy atom. The van der Waals surface area contributed by atoms with E-state index in [0.717, 1.165) is 46.5 Å². The molecule has 0 saturated heterocycles. The van der Waals surface area contributed by atoms with E-state index in [1.807, 2.05) is 29.6 Å². The zero-order valence-corrected chi connectivity index (χ0v) is 16.8. The first-order valence-corrected chi connectivity index (χ1v) is 10.3. The highest BCUT2D eigenvalue weighted by Gasteiger charge is 2.15. The van der Waals surface area contributed by atoms with Crippen LogP contribution in [0.5, 0.6) is 0 Å². The Labute approximate surface area is 165 Å². The predicted molar refractivity (Wildman–Crippen MR) is 112 cm³/mol. The summed E-state index contributed by atoms with van der Waals surface area (Å²) in [5, 5.41) is 8.83. The number of nitrogens with zero attached hydrogens (tertiary/aromatic N) is 3. The molecule has 0 atom stereocenters. The molecule has 5 heteroatoms. The summed E-state index contributed by atoms with van der Waals surface area (Å²) >= 11 is 0. The summed E-state index contributed by atoms with van der Waals surface area (Å²) in [6.07, 6.45) is 9.47. The summed E-state index contributed by atoms with van der Waals surface area (Å²) in [6, 6.07) is 8.07. The lowest BCUT2D eigenvalue weighted by Crippen LogP contribution is -2.25. The average molecular weight is 377 g/mol.